The van der Waals surface area contributed by atoms with E-state index in [2.05, 4.69) is 34.5 Å². The van der Waals surface area contributed by atoms with Crippen molar-refractivity contribution in [1.29, 1.82) is 0 Å². The van der Waals surface area contributed by atoms with Gasteiger partial charge < -0.3 is 10.1 Å². The standard InChI is InChI=1S/C25H25ClN2O2/c26-21-11-12-24(30-22-9-5-2-6-10-22)23(17-21)27-25(29)20-13-15-28(16-14-20)18-19-7-3-1-4-8-19/h1-12,17,20H,13-16,18H2,(H,27,29). The SMILES string of the molecule is O=C(Nc1cc(Cl)ccc1Oc1ccccc1)C1CCN(Cc2ccccc2)CC1. The second-order valence-electron chi connectivity index (χ2n) is 7.58. The zero-order valence-electron chi connectivity index (χ0n) is 16.8. The molecule has 0 aromatic heterocycles. The molecule has 1 saturated heterocycles. The minimum atomic E-state index is -0.0134. The number of para-hydroxylation sites is 1. The molecule has 1 aliphatic heterocycles. The van der Waals surface area contributed by atoms with Crippen LogP contribution in [0.2, 0.25) is 5.02 Å². The number of amides is 1. The third kappa shape index (κ3) is 5.41. The average molecular weight is 421 g/mol. The maximum atomic E-state index is 12.9. The summed E-state index contributed by atoms with van der Waals surface area (Å²) in [5.74, 6) is 1.31. The molecule has 4 nitrogen and oxygen atoms in total. The number of hydrogen-bond donors (Lipinski definition) is 1. The van der Waals surface area contributed by atoms with Crippen molar-refractivity contribution in [3.8, 4) is 11.5 Å². The van der Waals surface area contributed by atoms with E-state index in [9.17, 15) is 4.79 Å². The zero-order valence-corrected chi connectivity index (χ0v) is 17.5. The van der Waals surface area contributed by atoms with Gasteiger partial charge in [-0.05, 0) is 61.8 Å². The maximum absolute atomic E-state index is 12.9. The van der Waals surface area contributed by atoms with Crippen LogP contribution in [0, 0.1) is 5.92 Å². The molecule has 0 bridgehead atoms. The Hall–Kier alpha value is -2.82. The number of halogens is 1. The van der Waals surface area contributed by atoms with Gasteiger partial charge in [0.05, 0.1) is 5.69 Å². The molecule has 1 N–H and O–H groups in total. The van der Waals surface area contributed by atoms with Gasteiger partial charge in [0.15, 0.2) is 5.75 Å². The molecular formula is C25H25ClN2O2. The van der Waals surface area contributed by atoms with Crippen molar-refractivity contribution in [3.63, 3.8) is 0 Å². The Kier molecular flexibility index (Phi) is 6.67. The molecule has 1 aliphatic rings. The number of likely N-dealkylation sites (tertiary alicyclic amines) is 1. The lowest BCUT2D eigenvalue weighted by molar-refractivity contribution is -0.121. The Morgan fingerprint density at radius 3 is 2.33 bits per heavy atom. The summed E-state index contributed by atoms with van der Waals surface area (Å²) >= 11 is 6.17. The normalized spacial score (nSPS) is 15.0. The highest BCUT2D eigenvalue weighted by molar-refractivity contribution is 6.31. The van der Waals surface area contributed by atoms with E-state index in [1.54, 1.807) is 18.2 Å². The second kappa shape index (κ2) is 9.79. The Bertz CT molecular complexity index is 971. The lowest BCUT2D eigenvalue weighted by Crippen LogP contribution is -2.37. The number of piperidine rings is 1. The van der Waals surface area contributed by atoms with Crippen LogP contribution in [0.25, 0.3) is 0 Å². The third-order valence-corrected chi connectivity index (χ3v) is 5.61. The van der Waals surface area contributed by atoms with Crippen molar-refractivity contribution in [1.82, 2.24) is 4.90 Å². The monoisotopic (exact) mass is 420 g/mol. The van der Waals surface area contributed by atoms with Gasteiger partial charge in [-0.25, -0.2) is 0 Å². The van der Waals surface area contributed by atoms with Crippen LogP contribution < -0.4 is 10.1 Å². The van der Waals surface area contributed by atoms with Crippen LogP contribution in [-0.4, -0.2) is 23.9 Å². The molecule has 1 heterocycles. The molecule has 1 amide bonds. The van der Waals surface area contributed by atoms with Gasteiger partial charge in [-0.2, -0.15) is 0 Å². The van der Waals surface area contributed by atoms with Gasteiger partial charge in [-0.1, -0.05) is 60.1 Å². The highest BCUT2D eigenvalue weighted by atomic mass is 35.5. The van der Waals surface area contributed by atoms with E-state index in [-0.39, 0.29) is 11.8 Å². The summed E-state index contributed by atoms with van der Waals surface area (Å²) in [5, 5.41) is 3.60. The Labute approximate surface area is 182 Å². The number of benzene rings is 3. The molecule has 30 heavy (non-hydrogen) atoms. The number of ether oxygens (including phenoxy) is 1. The fourth-order valence-corrected chi connectivity index (χ4v) is 3.91. The molecule has 0 saturated carbocycles. The highest BCUT2D eigenvalue weighted by Crippen LogP contribution is 2.33. The Balaban J connectivity index is 1.37. The van der Waals surface area contributed by atoms with E-state index in [4.69, 9.17) is 16.3 Å². The summed E-state index contributed by atoms with van der Waals surface area (Å²) in [6, 6.07) is 25.2. The summed E-state index contributed by atoms with van der Waals surface area (Å²) in [6.07, 6.45) is 1.68. The molecule has 3 aromatic rings. The third-order valence-electron chi connectivity index (χ3n) is 5.38. The van der Waals surface area contributed by atoms with Crippen molar-refractivity contribution in [2.24, 2.45) is 5.92 Å². The van der Waals surface area contributed by atoms with Crippen LogP contribution in [0.1, 0.15) is 18.4 Å². The van der Waals surface area contributed by atoms with Gasteiger partial charge >= 0.3 is 0 Å². The second-order valence-corrected chi connectivity index (χ2v) is 8.02. The Morgan fingerprint density at radius 1 is 0.967 bits per heavy atom. The van der Waals surface area contributed by atoms with E-state index in [0.717, 1.165) is 32.5 Å². The molecular weight excluding hydrogens is 396 g/mol. The van der Waals surface area contributed by atoms with E-state index in [1.807, 2.05) is 36.4 Å². The highest BCUT2D eigenvalue weighted by Gasteiger charge is 2.25. The molecule has 154 valence electrons. The molecule has 3 aromatic carbocycles. The topological polar surface area (TPSA) is 41.6 Å². The average Bonchev–Trinajstić information content (AvgIpc) is 2.77. The molecule has 0 aliphatic carbocycles. The fourth-order valence-electron chi connectivity index (χ4n) is 3.73. The van der Waals surface area contributed by atoms with E-state index in [0.29, 0.717) is 22.2 Å². The van der Waals surface area contributed by atoms with Crippen LogP contribution >= 0.6 is 11.6 Å². The van der Waals surface area contributed by atoms with Crippen molar-refractivity contribution >= 4 is 23.2 Å². The first-order valence-electron chi connectivity index (χ1n) is 10.3. The molecule has 4 rings (SSSR count). The lowest BCUT2D eigenvalue weighted by atomic mass is 9.95. The first-order chi connectivity index (χ1) is 14.7. The zero-order chi connectivity index (χ0) is 20.8. The number of nitrogens with zero attached hydrogens (tertiary/aromatic N) is 1. The van der Waals surface area contributed by atoms with Crippen LogP contribution in [-0.2, 0) is 11.3 Å². The minimum Gasteiger partial charge on any atom is -0.455 e. The van der Waals surface area contributed by atoms with Gasteiger partial charge in [0.25, 0.3) is 0 Å². The summed E-state index contributed by atoms with van der Waals surface area (Å²) in [4.78, 5) is 15.3. The molecule has 0 radical (unpaired) electrons. The van der Waals surface area contributed by atoms with Gasteiger partial charge in [-0.15, -0.1) is 0 Å². The predicted molar refractivity (Wildman–Crippen MR) is 121 cm³/mol. The van der Waals surface area contributed by atoms with Gasteiger partial charge in [-0.3, -0.25) is 9.69 Å². The summed E-state index contributed by atoms with van der Waals surface area (Å²) in [5.41, 5.74) is 1.91. The minimum absolute atomic E-state index is 0.0134. The fraction of sp³-hybridized carbons (Fsp3) is 0.240. The number of nitrogens with one attached hydrogen (secondary N) is 1. The summed E-state index contributed by atoms with van der Waals surface area (Å²) in [6.45, 7) is 2.75. The number of hydrogen-bond acceptors (Lipinski definition) is 3. The molecule has 5 heteroatoms. The van der Waals surface area contributed by atoms with Gasteiger partial charge in [0.1, 0.15) is 5.75 Å². The largest absolute Gasteiger partial charge is 0.455 e. The first kappa shape index (κ1) is 20.5. The lowest BCUT2D eigenvalue weighted by Gasteiger charge is -2.31. The molecule has 0 spiro atoms. The van der Waals surface area contributed by atoms with Crippen LogP contribution in [0.5, 0.6) is 11.5 Å². The van der Waals surface area contributed by atoms with Crippen molar-refractivity contribution in [3.05, 3.63) is 89.4 Å². The predicted octanol–water partition coefficient (Wildman–Crippen LogP) is 5.98. The van der Waals surface area contributed by atoms with E-state index < -0.39 is 0 Å². The van der Waals surface area contributed by atoms with Gasteiger partial charge in [0.2, 0.25) is 5.91 Å². The van der Waals surface area contributed by atoms with E-state index in [1.165, 1.54) is 5.56 Å². The van der Waals surface area contributed by atoms with E-state index >= 15 is 0 Å². The van der Waals surface area contributed by atoms with Gasteiger partial charge in [0, 0.05) is 17.5 Å². The van der Waals surface area contributed by atoms with Crippen LogP contribution in [0.4, 0.5) is 5.69 Å². The van der Waals surface area contributed by atoms with Crippen molar-refractivity contribution < 1.29 is 9.53 Å². The Morgan fingerprint density at radius 2 is 1.63 bits per heavy atom. The smallest absolute Gasteiger partial charge is 0.227 e. The van der Waals surface area contributed by atoms with Crippen LogP contribution in [0.3, 0.4) is 0 Å². The maximum Gasteiger partial charge on any atom is 0.227 e. The molecule has 1 fully saturated rings. The number of rotatable bonds is 6. The summed E-state index contributed by atoms with van der Waals surface area (Å²) in [7, 11) is 0. The van der Waals surface area contributed by atoms with Crippen LogP contribution in [0.15, 0.2) is 78.9 Å². The van der Waals surface area contributed by atoms with Crippen molar-refractivity contribution in [2.45, 2.75) is 19.4 Å². The quantitative estimate of drug-likeness (QED) is 0.533. The first-order valence-corrected chi connectivity index (χ1v) is 10.6. The summed E-state index contributed by atoms with van der Waals surface area (Å²) < 4.78 is 5.95. The number of carbonyl (C=O) groups is 1. The molecule has 0 atom stereocenters. The number of carbonyl (C=O) groups excluding carboxylic acids is 1. The van der Waals surface area contributed by atoms with Crippen molar-refractivity contribution in [2.75, 3.05) is 18.4 Å². The number of anilines is 1. The molecule has 0 unspecified atom stereocenters.